The van der Waals surface area contributed by atoms with Gasteiger partial charge in [0.25, 0.3) is 5.91 Å². The molecule has 108 valence electrons. The number of anilines is 1. The molecule has 21 heavy (non-hydrogen) atoms. The Kier molecular flexibility index (Phi) is 4.33. The summed E-state index contributed by atoms with van der Waals surface area (Å²) in [5, 5.41) is 2.62. The molecule has 0 aromatic heterocycles. The fourth-order valence-corrected chi connectivity index (χ4v) is 1.87. The van der Waals surface area contributed by atoms with Crippen LogP contribution in [0.4, 0.5) is 10.1 Å². The van der Waals surface area contributed by atoms with Gasteiger partial charge in [-0.05, 0) is 37.3 Å². The zero-order valence-corrected chi connectivity index (χ0v) is 11.6. The molecule has 1 amide bonds. The molecule has 0 aliphatic carbocycles. The van der Waals surface area contributed by atoms with Crippen molar-refractivity contribution in [1.82, 2.24) is 0 Å². The van der Waals surface area contributed by atoms with E-state index in [-0.39, 0.29) is 17.1 Å². The lowest BCUT2D eigenvalue weighted by Crippen LogP contribution is -2.13. The van der Waals surface area contributed by atoms with Crippen LogP contribution in [0.1, 0.15) is 27.6 Å². The van der Waals surface area contributed by atoms with E-state index in [4.69, 9.17) is 4.74 Å². The van der Waals surface area contributed by atoms with Crippen molar-refractivity contribution in [3.63, 3.8) is 0 Å². The fraction of sp³-hybridized carbons (Fsp3) is 0.125. The number of benzene rings is 2. The monoisotopic (exact) mass is 287 g/mol. The Morgan fingerprint density at radius 2 is 1.90 bits per heavy atom. The highest BCUT2D eigenvalue weighted by Crippen LogP contribution is 2.21. The van der Waals surface area contributed by atoms with Crippen molar-refractivity contribution in [2.75, 3.05) is 12.4 Å². The van der Waals surface area contributed by atoms with Crippen molar-refractivity contribution in [2.45, 2.75) is 6.92 Å². The van der Waals surface area contributed by atoms with Crippen LogP contribution in [0.15, 0.2) is 42.5 Å². The highest BCUT2D eigenvalue weighted by Gasteiger charge is 2.14. The quantitative estimate of drug-likeness (QED) is 0.878. The van der Waals surface area contributed by atoms with Gasteiger partial charge in [-0.1, -0.05) is 12.1 Å². The topological polar surface area (TPSA) is 55.4 Å². The molecule has 0 fully saturated rings. The molecule has 0 saturated carbocycles. The Morgan fingerprint density at radius 1 is 1.14 bits per heavy atom. The minimum atomic E-state index is -0.529. The van der Waals surface area contributed by atoms with E-state index in [1.54, 1.807) is 24.3 Å². The smallest absolute Gasteiger partial charge is 0.259 e. The summed E-state index contributed by atoms with van der Waals surface area (Å²) < 4.78 is 18.3. The van der Waals surface area contributed by atoms with E-state index in [1.165, 1.54) is 26.2 Å². The molecule has 2 aromatic carbocycles. The fourth-order valence-electron chi connectivity index (χ4n) is 1.87. The predicted octanol–water partition coefficient (Wildman–Crippen LogP) is 3.29. The van der Waals surface area contributed by atoms with E-state index in [1.807, 2.05) is 0 Å². The number of ether oxygens (including phenoxy) is 1. The van der Waals surface area contributed by atoms with Crippen LogP contribution in [0.25, 0.3) is 0 Å². The molecule has 5 heteroatoms. The number of nitrogens with one attached hydrogen (secondary N) is 1. The number of carbonyl (C=O) groups is 2. The van der Waals surface area contributed by atoms with Gasteiger partial charge in [0.2, 0.25) is 0 Å². The van der Waals surface area contributed by atoms with Gasteiger partial charge in [-0.15, -0.1) is 0 Å². The van der Waals surface area contributed by atoms with Gasteiger partial charge in [0.1, 0.15) is 11.6 Å². The number of ketones is 1. The van der Waals surface area contributed by atoms with Crippen molar-refractivity contribution < 1.29 is 18.7 Å². The molecular weight excluding hydrogens is 273 g/mol. The molecule has 0 saturated heterocycles. The molecule has 1 N–H and O–H groups in total. The first-order chi connectivity index (χ1) is 10.0. The average molecular weight is 287 g/mol. The number of hydrogen-bond acceptors (Lipinski definition) is 3. The second-order valence-electron chi connectivity index (χ2n) is 4.44. The first-order valence-electron chi connectivity index (χ1n) is 6.27. The molecule has 0 aliphatic heterocycles. The van der Waals surface area contributed by atoms with Crippen LogP contribution < -0.4 is 10.1 Å². The van der Waals surface area contributed by atoms with Crippen LogP contribution in [-0.4, -0.2) is 18.8 Å². The summed E-state index contributed by atoms with van der Waals surface area (Å²) >= 11 is 0. The van der Waals surface area contributed by atoms with Crippen LogP contribution in [0.5, 0.6) is 5.75 Å². The summed E-state index contributed by atoms with van der Waals surface area (Å²) in [7, 11) is 1.40. The van der Waals surface area contributed by atoms with E-state index in [2.05, 4.69) is 5.32 Å². The number of Topliss-reactive ketones (excluding diaryl/α,β-unsaturated/α-hetero) is 1. The summed E-state index contributed by atoms with van der Waals surface area (Å²) in [4.78, 5) is 23.5. The van der Waals surface area contributed by atoms with Crippen molar-refractivity contribution >= 4 is 17.4 Å². The molecule has 4 nitrogen and oxygen atoms in total. The van der Waals surface area contributed by atoms with Gasteiger partial charge in [-0.2, -0.15) is 0 Å². The van der Waals surface area contributed by atoms with E-state index >= 15 is 0 Å². The van der Waals surface area contributed by atoms with Crippen LogP contribution >= 0.6 is 0 Å². The Balaban J connectivity index is 2.28. The minimum Gasteiger partial charge on any atom is -0.496 e. The third kappa shape index (κ3) is 3.45. The number of carbonyl (C=O) groups excluding carboxylic acids is 2. The maximum absolute atomic E-state index is 13.3. The Morgan fingerprint density at radius 3 is 2.57 bits per heavy atom. The average Bonchev–Trinajstić information content (AvgIpc) is 2.47. The zero-order chi connectivity index (χ0) is 15.4. The lowest BCUT2D eigenvalue weighted by atomic mass is 10.1. The van der Waals surface area contributed by atoms with Crippen molar-refractivity contribution in [3.05, 3.63) is 59.4 Å². The van der Waals surface area contributed by atoms with E-state index < -0.39 is 11.7 Å². The lowest BCUT2D eigenvalue weighted by Gasteiger charge is -2.10. The van der Waals surface area contributed by atoms with Crippen LogP contribution in [-0.2, 0) is 0 Å². The van der Waals surface area contributed by atoms with Gasteiger partial charge in [0.05, 0.1) is 12.7 Å². The predicted molar refractivity (Wildman–Crippen MR) is 77.4 cm³/mol. The van der Waals surface area contributed by atoms with Crippen molar-refractivity contribution in [2.24, 2.45) is 0 Å². The van der Waals surface area contributed by atoms with Gasteiger partial charge in [0, 0.05) is 11.3 Å². The summed E-state index contributed by atoms with van der Waals surface area (Å²) in [6, 6.07) is 10.2. The highest BCUT2D eigenvalue weighted by atomic mass is 19.1. The van der Waals surface area contributed by atoms with Gasteiger partial charge in [-0.25, -0.2) is 4.39 Å². The normalized spacial score (nSPS) is 10.0. The van der Waals surface area contributed by atoms with Crippen molar-refractivity contribution in [1.29, 1.82) is 0 Å². The Bertz CT molecular complexity index is 698. The van der Waals surface area contributed by atoms with Gasteiger partial charge in [0.15, 0.2) is 5.78 Å². The summed E-state index contributed by atoms with van der Waals surface area (Å²) in [6.07, 6.45) is 0. The standard InChI is InChI=1S/C16H14FNO3/c1-10(19)11-4-3-5-13(8-11)18-16(20)14-9-12(17)6-7-15(14)21-2/h3-9H,1-2H3,(H,18,20). The van der Waals surface area contributed by atoms with Gasteiger partial charge >= 0.3 is 0 Å². The van der Waals surface area contributed by atoms with Crippen LogP contribution in [0, 0.1) is 5.82 Å². The molecule has 0 spiro atoms. The zero-order valence-electron chi connectivity index (χ0n) is 11.6. The third-order valence-corrected chi connectivity index (χ3v) is 2.93. The van der Waals surface area contributed by atoms with Gasteiger partial charge in [-0.3, -0.25) is 9.59 Å². The molecule has 0 radical (unpaired) electrons. The summed E-state index contributed by atoms with van der Waals surface area (Å²) in [5.74, 6) is -0.864. The lowest BCUT2D eigenvalue weighted by molar-refractivity contribution is 0.100. The third-order valence-electron chi connectivity index (χ3n) is 2.93. The summed E-state index contributed by atoms with van der Waals surface area (Å²) in [6.45, 7) is 1.44. The number of amides is 1. The van der Waals surface area contributed by atoms with Crippen LogP contribution in [0.2, 0.25) is 0 Å². The molecule has 2 rings (SSSR count). The molecule has 2 aromatic rings. The maximum atomic E-state index is 13.3. The second kappa shape index (κ2) is 6.17. The van der Waals surface area contributed by atoms with E-state index in [0.29, 0.717) is 11.3 Å². The number of rotatable bonds is 4. The van der Waals surface area contributed by atoms with Crippen molar-refractivity contribution in [3.8, 4) is 5.75 Å². The summed E-state index contributed by atoms with van der Waals surface area (Å²) in [5.41, 5.74) is 1.03. The Hall–Kier alpha value is -2.69. The maximum Gasteiger partial charge on any atom is 0.259 e. The number of methoxy groups -OCH3 is 1. The number of halogens is 1. The van der Waals surface area contributed by atoms with E-state index in [9.17, 15) is 14.0 Å². The molecule has 0 aliphatic rings. The molecule has 0 heterocycles. The van der Waals surface area contributed by atoms with Crippen LogP contribution in [0.3, 0.4) is 0 Å². The second-order valence-corrected chi connectivity index (χ2v) is 4.44. The minimum absolute atomic E-state index is 0.0886. The van der Waals surface area contributed by atoms with E-state index in [0.717, 1.165) is 6.07 Å². The number of hydrogen-bond donors (Lipinski definition) is 1. The SMILES string of the molecule is COc1ccc(F)cc1C(=O)Nc1cccc(C(C)=O)c1. The molecule has 0 atom stereocenters. The Labute approximate surface area is 121 Å². The highest BCUT2D eigenvalue weighted by molar-refractivity contribution is 6.06. The largest absolute Gasteiger partial charge is 0.496 e. The molecule has 0 bridgehead atoms. The molecular formula is C16H14FNO3. The first-order valence-corrected chi connectivity index (χ1v) is 6.27. The molecule has 0 unspecified atom stereocenters. The first kappa shape index (κ1) is 14.7. The van der Waals surface area contributed by atoms with Gasteiger partial charge < -0.3 is 10.1 Å².